The quantitative estimate of drug-likeness (QED) is 0.444. The van der Waals surface area contributed by atoms with E-state index >= 15 is 0 Å². The van der Waals surface area contributed by atoms with Gasteiger partial charge in [0.05, 0.1) is 21.2 Å². The molecule has 3 aromatic carbocycles. The molecule has 0 heterocycles. The van der Waals surface area contributed by atoms with Gasteiger partial charge in [-0.25, -0.2) is 12.8 Å². The van der Waals surface area contributed by atoms with Gasteiger partial charge in [0.2, 0.25) is 0 Å². The molecule has 0 radical (unpaired) electrons. The zero-order chi connectivity index (χ0) is 23.7. The number of aryl methyl sites for hydroxylation is 1. The Labute approximate surface area is 186 Å². The maximum Gasteiger partial charge on any atom is 0.416 e. The highest BCUT2D eigenvalue weighted by atomic mass is 35.5. The summed E-state index contributed by atoms with van der Waals surface area (Å²) in [5.41, 5.74) is -0.685. The molecule has 0 bridgehead atoms. The van der Waals surface area contributed by atoms with Crippen LogP contribution in [0.2, 0.25) is 5.02 Å². The van der Waals surface area contributed by atoms with E-state index in [0.717, 1.165) is 36.4 Å². The number of nitrogens with one attached hydrogen (secondary N) is 2. The minimum absolute atomic E-state index is 0.00643. The normalized spacial score (nSPS) is 11.8. The zero-order valence-electron chi connectivity index (χ0n) is 16.3. The van der Waals surface area contributed by atoms with Gasteiger partial charge in [0.25, 0.3) is 15.9 Å². The highest BCUT2D eigenvalue weighted by Gasteiger charge is 2.30. The maximum atomic E-state index is 13.3. The van der Waals surface area contributed by atoms with E-state index in [4.69, 9.17) is 11.6 Å². The number of rotatable bonds is 5. The number of alkyl halides is 3. The van der Waals surface area contributed by atoms with Gasteiger partial charge in [-0.15, -0.1) is 0 Å². The van der Waals surface area contributed by atoms with E-state index in [1.165, 1.54) is 24.3 Å². The Morgan fingerprint density at radius 1 is 0.969 bits per heavy atom. The minimum atomic E-state index is -4.58. The average molecular weight is 487 g/mol. The average Bonchev–Trinajstić information content (AvgIpc) is 2.70. The van der Waals surface area contributed by atoms with Crippen LogP contribution in [-0.2, 0) is 16.2 Å². The van der Waals surface area contributed by atoms with E-state index < -0.39 is 33.5 Å². The number of anilines is 2. The van der Waals surface area contributed by atoms with Gasteiger partial charge in [-0.05, 0) is 61.0 Å². The first-order valence-electron chi connectivity index (χ1n) is 8.94. The van der Waals surface area contributed by atoms with Crippen LogP contribution in [0.5, 0.6) is 0 Å². The second-order valence-corrected chi connectivity index (χ2v) is 8.83. The number of hydrogen-bond acceptors (Lipinski definition) is 3. The van der Waals surface area contributed by atoms with Crippen molar-refractivity contribution in [2.75, 3.05) is 10.0 Å². The lowest BCUT2D eigenvalue weighted by Gasteiger charge is -2.13. The first-order valence-corrected chi connectivity index (χ1v) is 10.8. The largest absolute Gasteiger partial charge is 0.416 e. The number of amides is 1. The van der Waals surface area contributed by atoms with Crippen LogP contribution in [0.1, 0.15) is 21.5 Å². The lowest BCUT2D eigenvalue weighted by Crippen LogP contribution is -2.17. The molecule has 0 fully saturated rings. The van der Waals surface area contributed by atoms with Crippen LogP contribution in [0.3, 0.4) is 0 Å². The van der Waals surface area contributed by atoms with Gasteiger partial charge in [-0.3, -0.25) is 9.52 Å². The van der Waals surface area contributed by atoms with Crippen LogP contribution in [0.15, 0.2) is 65.6 Å². The summed E-state index contributed by atoms with van der Waals surface area (Å²) in [6.07, 6.45) is -4.58. The van der Waals surface area contributed by atoms with E-state index in [2.05, 4.69) is 10.0 Å². The summed E-state index contributed by atoms with van der Waals surface area (Å²) < 4.78 is 79.6. The Balaban J connectivity index is 1.88. The number of carbonyl (C=O) groups is 1. The lowest BCUT2D eigenvalue weighted by atomic mass is 10.1. The van der Waals surface area contributed by atoms with Crippen molar-refractivity contribution >= 4 is 38.9 Å². The van der Waals surface area contributed by atoms with E-state index in [1.807, 2.05) is 0 Å². The van der Waals surface area contributed by atoms with Crippen molar-refractivity contribution in [3.8, 4) is 0 Å². The van der Waals surface area contributed by atoms with Gasteiger partial charge in [-0.1, -0.05) is 23.7 Å². The first kappa shape index (κ1) is 23.6. The van der Waals surface area contributed by atoms with Crippen LogP contribution < -0.4 is 10.0 Å². The molecule has 168 valence electrons. The highest BCUT2D eigenvalue weighted by molar-refractivity contribution is 7.92. The fourth-order valence-corrected chi connectivity index (χ4v) is 4.01. The molecule has 11 heteroatoms. The number of sulfonamides is 1. The summed E-state index contributed by atoms with van der Waals surface area (Å²) in [6, 6.07) is 11.0. The number of carbonyl (C=O) groups excluding carboxylic acids is 1. The van der Waals surface area contributed by atoms with Crippen molar-refractivity contribution in [1.82, 2.24) is 0 Å². The monoisotopic (exact) mass is 486 g/mol. The molecule has 0 aliphatic rings. The summed E-state index contributed by atoms with van der Waals surface area (Å²) in [4.78, 5) is 12.4. The Hall–Kier alpha value is -3.11. The van der Waals surface area contributed by atoms with Crippen molar-refractivity contribution in [3.05, 3.63) is 88.2 Å². The molecule has 32 heavy (non-hydrogen) atoms. The summed E-state index contributed by atoms with van der Waals surface area (Å²) in [5.74, 6) is -1.51. The maximum absolute atomic E-state index is 13.3. The highest BCUT2D eigenvalue weighted by Crippen LogP contribution is 2.31. The first-order chi connectivity index (χ1) is 14.9. The van der Waals surface area contributed by atoms with Gasteiger partial charge in [0.1, 0.15) is 5.82 Å². The summed E-state index contributed by atoms with van der Waals surface area (Å²) in [6.45, 7) is 1.55. The molecule has 2 N–H and O–H groups in total. The number of benzene rings is 3. The van der Waals surface area contributed by atoms with Crippen molar-refractivity contribution < 1.29 is 30.8 Å². The van der Waals surface area contributed by atoms with Crippen LogP contribution in [0, 0.1) is 12.7 Å². The second kappa shape index (κ2) is 8.79. The Kier molecular flexibility index (Phi) is 6.47. The smallest absolute Gasteiger partial charge is 0.322 e. The van der Waals surface area contributed by atoms with Crippen molar-refractivity contribution in [2.24, 2.45) is 0 Å². The molecule has 0 saturated carbocycles. The third kappa shape index (κ3) is 5.38. The van der Waals surface area contributed by atoms with Crippen molar-refractivity contribution in [3.63, 3.8) is 0 Å². The summed E-state index contributed by atoms with van der Waals surface area (Å²) in [7, 11) is -4.17. The van der Waals surface area contributed by atoms with Crippen molar-refractivity contribution in [2.45, 2.75) is 18.0 Å². The predicted octanol–water partition coefficient (Wildman–Crippen LogP) is 5.86. The van der Waals surface area contributed by atoms with Crippen molar-refractivity contribution in [1.29, 1.82) is 0 Å². The van der Waals surface area contributed by atoms with E-state index in [1.54, 1.807) is 6.92 Å². The van der Waals surface area contributed by atoms with Crippen LogP contribution in [0.25, 0.3) is 0 Å². The topological polar surface area (TPSA) is 75.3 Å². The van der Waals surface area contributed by atoms with Gasteiger partial charge in [-0.2, -0.15) is 13.2 Å². The number of halogens is 5. The van der Waals surface area contributed by atoms with Gasteiger partial charge < -0.3 is 5.32 Å². The molecule has 3 aromatic rings. The number of hydrogen-bond donors (Lipinski definition) is 2. The fourth-order valence-electron chi connectivity index (χ4n) is 2.76. The molecular formula is C21H15ClF4N2O3S. The van der Waals surface area contributed by atoms with Gasteiger partial charge in [0, 0.05) is 11.3 Å². The molecule has 0 spiro atoms. The molecule has 0 aliphatic heterocycles. The zero-order valence-corrected chi connectivity index (χ0v) is 17.9. The Morgan fingerprint density at radius 3 is 2.34 bits per heavy atom. The SMILES string of the molecule is Cc1ccc(S(=O)(=O)Nc2ccc(F)c(Cl)c2)cc1C(=O)Nc1cccc(C(F)(F)F)c1. The van der Waals surface area contributed by atoms with Crippen LogP contribution in [-0.4, -0.2) is 14.3 Å². The minimum Gasteiger partial charge on any atom is -0.322 e. The van der Waals surface area contributed by atoms with Crippen LogP contribution in [0.4, 0.5) is 28.9 Å². The molecule has 1 amide bonds. The van der Waals surface area contributed by atoms with E-state index in [0.29, 0.717) is 5.56 Å². The van der Waals surface area contributed by atoms with Gasteiger partial charge >= 0.3 is 6.18 Å². The fraction of sp³-hybridized carbons (Fsp3) is 0.0952. The molecular weight excluding hydrogens is 472 g/mol. The van der Waals surface area contributed by atoms with Gasteiger partial charge in [0.15, 0.2) is 0 Å². The van der Waals surface area contributed by atoms with Crippen LogP contribution >= 0.6 is 11.6 Å². The third-order valence-electron chi connectivity index (χ3n) is 4.38. The molecule has 3 rings (SSSR count). The lowest BCUT2D eigenvalue weighted by molar-refractivity contribution is -0.137. The van der Waals surface area contributed by atoms with E-state index in [-0.39, 0.29) is 26.9 Å². The predicted molar refractivity (Wildman–Crippen MR) is 113 cm³/mol. The molecule has 0 atom stereocenters. The standard InChI is InChI=1S/C21H15ClF4N2O3S/c1-12-5-7-16(32(30,31)28-15-6-8-19(23)18(22)10-15)11-17(12)20(29)27-14-4-2-3-13(9-14)21(24,25)26/h2-11,28H,1H3,(H,27,29). The summed E-state index contributed by atoms with van der Waals surface area (Å²) >= 11 is 5.66. The Bertz CT molecular complexity index is 1290. The summed E-state index contributed by atoms with van der Waals surface area (Å²) in [5, 5.41) is 2.06. The molecule has 0 saturated heterocycles. The molecule has 0 aromatic heterocycles. The third-order valence-corrected chi connectivity index (χ3v) is 6.05. The molecule has 0 aliphatic carbocycles. The van der Waals surface area contributed by atoms with E-state index in [9.17, 15) is 30.8 Å². The Morgan fingerprint density at radius 2 is 1.69 bits per heavy atom. The molecule has 0 unspecified atom stereocenters. The molecule has 5 nitrogen and oxygen atoms in total. The second-order valence-electron chi connectivity index (χ2n) is 6.74.